The molecule has 0 bridgehead atoms. The SMILES string of the molecule is CCCCCC.CCCCCCCCC(=O)N(CCCN(C)C)C(CCCC)CCCCCC(=O)OCC(CCCCC)CCCCCC. The van der Waals surface area contributed by atoms with Gasteiger partial charge in [-0.25, -0.2) is 0 Å². The highest BCUT2D eigenvalue weighted by molar-refractivity contribution is 5.76. The Bertz CT molecular complexity index is 679. The van der Waals surface area contributed by atoms with Gasteiger partial charge in [0.1, 0.15) is 0 Å². The van der Waals surface area contributed by atoms with Gasteiger partial charge in [0.25, 0.3) is 0 Å². The number of hydrogen-bond donors (Lipinski definition) is 0. The number of ether oxygens (including phenoxy) is 1. The molecule has 2 unspecified atom stereocenters. The maximum atomic E-state index is 13.4. The molecule has 0 spiro atoms. The molecule has 0 radical (unpaired) electrons. The molecule has 0 saturated heterocycles. The Morgan fingerprint density at radius 2 is 0.898 bits per heavy atom. The molecule has 0 heterocycles. The molecule has 5 nitrogen and oxygen atoms in total. The van der Waals surface area contributed by atoms with Crippen LogP contribution in [0.25, 0.3) is 0 Å². The highest BCUT2D eigenvalue weighted by Gasteiger charge is 2.23. The summed E-state index contributed by atoms with van der Waals surface area (Å²) in [7, 11) is 4.23. The first kappa shape index (κ1) is 50.0. The molecule has 0 aromatic rings. The third kappa shape index (κ3) is 35.1. The first-order chi connectivity index (χ1) is 23.8. The number of rotatable bonds is 35. The van der Waals surface area contributed by atoms with Gasteiger partial charge in [0.05, 0.1) is 6.61 Å². The molecule has 0 saturated carbocycles. The Kier molecular flexibility index (Phi) is 40.5. The van der Waals surface area contributed by atoms with Gasteiger partial charge in [-0.15, -0.1) is 0 Å². The quantitative estimate of drug-likeness (QED) is 0.0489. The summed E-state index contributed by atoms with van der Waals surface area (Å²) in [6, 6.07) is 0.332. The summed E-state index contributed by atoms with van der Waals surface area (Å²) in [5, 5.41) is 0. The van der Waals surface area contributed by atoms with Gasteiger partial charge in [0.2, 0.25) is 5.91 Å². The van der Waals surface area contributed by atoms with Crippen molar-refractivity contribution < 1.29 is 14.3 Å². The van der Waals surface area contributed by atoms with Crippen LogP contribution in [0, 0.1) is 5.92 Å². The number of nitrogens with zero attached hydrogens (tertiary/aromatic N) is 2. The summed E-state index contributed by atoms with van der Waals surface area (Å²) in [4.78, 5) is 30.5. The highest BCUT2D eigenvalue weighted by Crippen LogP contribution is 2.21. The van der Waals surface area contributed by atoms with E-state index in [2.05, 4.69) is 65.4 Å². The molecule has 0 fully saturated rings. The van der Waals surface area contributed by atoms with Crippen molar-refractivity contribution in [2.75, 3.05) is 33.8 Å². The van der Waals surface area contributed by atoms with E-state index in [1.54, 1.807) is 0 Å². The van der Waals surface area contributed by atoms with Crippen LogP contribution in [-0.4, -0.2) is 61.5 Å². The minimum Gasteiger partial charge on any atom is -0.465 e. The van der Waals surface area contributed by atoms with Crippen LogP contribution in [-0.2, 0) is 14.3 Å². The second-order valence-electron chi connectivity index (χ2n) is 15.3. The Balaban J connectivity index is 0. The van der Waals surface area contributed by atoms with Crippen molar-refractivity contribution in [1.82, 2.24) is 9.80 Å². The van der Waals surface area contributed by atoms with Crippen molar-refractivity contribution in [3.63, 3.8) is 0 Å². The van der Waals surface area contributed by atoms with Gasteiger partial charge in [0.15, 0.2) is 0 Å². The molecule has 294 valence electrons. The van der Waals surface area contributed by atoms with Crippen LogP contribution in [0.3, 0.4) is 0 Å². The van der Waals surface area contributed by atoms with Crippen molar-refractivity contribution >= 4 is 11.9 Å². The molecule has 0 aliphatic rings. The van der Waals surface area contributed by atoms with Crippen molar-refractivity contribution in [3.8, 4) is 0 Å². The predicted octanol–water partition coefficient (Wildman–Crippen LogP) is 13.3. The largest absolute Gasteiger partial charge is 0.465 e. The van der Waals surface area contributed by atoms with Crippen LogP contribution < -0.4 is 0 Å². The Morgan fingerprint density at radius 3 is 1.49 bits per heavy atom. The summed E-state index contributed by atoms with van der Waals surface area (Å²) < 4.78 is 5.78. The number of carbonyl (C=O) groups excluding carboxylic acids is 2. The Labute approximate surface area is 308 Å². The molecule has 0 aromatic carbocycles. The summed E-state index contributed by atoms with van der Waals surface area (Å²) >= 11 is 0. The molecular formula is C44H90N2O3. The van der Waals surface area contributed by atoms with Gasteiger partial charge < -0.3 is 14.5 Å². The zero-order valence-corrected chi connectivity index (χ0v) is 34.9. The average Bonchev–Trinajstić information content (AvgIpc) is 3.09. The number of esters is 1. The van der Waals surface area contributed by atoms with Crippen LogP contribution in [0.1, 0.15) is 228 Å². The van der Waals surface area contributed by atoms with Crippen LogP contribution in [0.5, 0.6) is 0 Å². The van der Waals surface area contributed by atoms with Crippen LogP contribution in [0.4, 0.5) is 0 Å². The number of amides is 1. The number of carbonyl (C=O) groups is 2. The van der Waals surface area contributed by atoms with E-state index in [9.17, 15) is 9.59 Å². The van der Waals surface area contributed by atoms with Crippen molar-refractivity contribution in [2.24, 2.45) is 5.92 Å². The second kappa shape index (κ2) is 39.7. The lowest BCUT2D eigenvalue weighted by Gasteiger charge is -2.33. The lowest BCUT2D eigenvalue weighted by molar-refractivity contribution is -0.145. The molecular weight excluding hydrogens is 604 g/mol. The van der Waals surface area contributed by atoms with Gasteiger partial charge in [-0.05, 0) is 71.5 Å². The number of unbranched alkanes of at least 4 members (excludes halogenated alkanes) is 16. The second-order valence-corrected chi connectivity index (χ2v) is 15.3. The summed E-state index contributed by atoms with van der Waals surface area (Å²) in [5.41, 5.74) is 0. The lowest BCUT2D eigenvalue weighted by Crippen LogP contribution is -2.41. The molecule has 0 aliphatic heterocycles. The van der Waals surface area contributed by atoms with Crippen LogP contribution >= 0.6 is 0 Å². The molecule has 1 amide bonds. The maximum Gasteiger partial charge on any atom is 0.305 e. The van der Waals surface area contributed by atoms with Crippen LogP contribution in [0.2, 0.25) is 0 Å². The summed E-state index contributed by atoms with van der Waals surface area (Å²) in [5.74, 6) is 0.872. The van der Waals surface area contributed by atoms with Gasteiger partial charge in [-0.3, -0.25) is 9.59 Å². The van der Waals surface area contributed by atoms with Gasteiger partial charge >= 0.3 is 5.97 Å². The first-order valence-corrected chi connectivity index (χ1v) is 21.9. The number of hydrogen-bond acceptors (Lipinski definition) is 4. The standard InChI is InChI=1S/C38H76N2O3.C6H14/c1-7-11-15-17-18-23-30-37(41)40(33-25-32-39(5)6)36(28-14-10-4)29-22-19-24-31-38(42)43-34-35(26-20-13-9-3)27-21-16-12-8-2;1-3-5-6-4-2/h35-36H,7-34H2,1-6H3;3-6H2,1-2H3. The lowest BCUT2D eigenvalue weighted by atomic mass is 9.95. The Morgan fingerprint density at radius 1 is 0.469 bits per heavy atom. The van der Waals surface area contributed by atoms with E-state index < -0.39 is 0 Å². The average molecular weight is 695 g/mol. The topological polar surface area (TPSA) is 49.9 Å². The normalized spacial score (nSPS) is 12.4. The fourth-order valence-electron chi connectivity index (χ4n) is 6.63. The van der Waals surface area contributed by atoms with Gasteiger partial charge in [0, 0.05) is 25.4 Å². The molecule has 0 aliphatic carbocycles. The summed E-state index contributed by atoms with van der Waals surface area (Å²) in [6.45, 7) is 16.0. The Hall–Kier alpha value is -1.10. The predicted molar refractivity (Wildman–Crippen MR) is 216 cm³/mol. The van der Waals surface area contributed by atoms with E-state index in [0.29, 0.717) is 37.3 Å². The zero-order chi connectivity index (χ0) is 36.8. The maximum absolute atomic E-state index is 13.4. The fourth-order valence-corrected chi connectivity index (χ4v) is 6.63. The molecule has 0 aromatic heterocycles. The first-order valence-electron chi connectivity index (χ1n) is 21.9. The summed E-state index contributed by atoms with van der Waals surface area (Å²) in [6.07, 6.45) is 33.9. The molecule has 49 heavy (non-hydrogen) atoms. The molecule has 0 rings (SSSR count). The zero-order valence-electron chi connectivity index (χ0n) is 34.9. The highest BCUT2D eigenvalue weighted by atomic mass is 16.5. The van der Waals surface area contributed by atoms with E-state index >= 15 is 0 Å². The van der Waals surface area contributed by atoms with E-state index in [4.69, 9.17) is 4.74 Å². The molecule has 2 atom stereocenters. The fraction of sp³-hybridized carbons (Fsp3) is 0.955. The van der Waals surface area contributed by atoms with Crippen molar-refractivity contribution in [2.45, 2.75) is 234 Å². The third-order valence-electron chi connectivity index (χ3n) is 9.94. The monoisotopic (exact) mass is 695 g/mol. The van der Waals surface area contributed by atoms with E-state index in [0.717, 1.165) is 64.5 Å². The van der Waals surface area contributed by atoms with E-state index in [1.165, 1.54) is 122 Å². The minimum atomic E-state index is -0.0176. The van der Waals surface area contributed by atoms with Gasteiger partial charge in [-0.2, -0.15) is 0 Å². The molecule has 0 N–H and O–H groups in total. The van der Waals surface area contributed by atoms with Crippen molar-refractivity contribution in [1.29, 1.82) is 0 Å². The van der Waals surface area contributed by atoms with Crippen molar-refractivity contribution in [3.05, 3.63) is 0 Å². The smallest absolute Gasteiger partial charge is 0.305 e. The molecule has 5 heteroatoms. The minimum absolute atomic E-state index is 0.0176. The van der Waals surface area contributed by atoms with Crippen LogP contribution in [0.15, 0.2) is 0 Å². The van der Waals surface area contributed by atoms with E-state index in [1.807, 2.05) is 0 Å². The third-order valence-corrected chi connectivity index (χ3v) is 9.94. The van der Waals surface area contributed by atoms with Gasteiger partial charge in [-0.1, -0.05) is 170 Å². The van der Waals surface area contributed by atoms with E-state index in [-0.39, 0.29) is 5.97 Å².